The number of fused-ring (bicyclic) bond motifs is 1. The van der Waals surface area contributed by atoms with Crippen molar-refractivity contribution < 1.29 is 0 Å². The fourth-order valence-electron chi connectivity index (χ4n) is 2.22. The van der Waals surface area contributed by atoms with Crippen molar-refractivity contribution in [2.45, 2.75) is 6.04 Å². The first-order chi connectivity index (χ1) is 9.65. The van der Waals surface area contributed by atoms with Gasteiger partial charge in [0.05, 0.1) is 11.6 Å². The number of aromatic nitrogens is 1. The highest BCUT2D eigenvalue weighted by Crippen LogP contribution is 2.30. The molecule has 0 saturated heterocycles. The predicted molar refractivity (Wildman–Crippen MR) is 86.9 cm³/mol. The van der Waals surface area contributed by atoms with Gasteiger partial charge in [0, 0.05) is 21.1 Å². The first kappa shape index (κ1) is 13.6. The molecular formula is C16H12BrClN2. The summed E-state index contributed by atoms with van der Waals surface area (Å²) in [5.41, 5.74) is 9.24. The quantitative estimate of drug-likeness (QED) is 0.730. The van der Waals surface area contributed by atoms with Gasteiger partial charge in [0.2, 0.25) is 0 Å². The monoisotopic (exact) mass is 346 g/mol. The maximum Gasteiger partial charge on any atom is 0.0702 e. The van der Waals surface area contributed by atoms with Crippen LogP contribution in [0.3, 0.4) is 0 Å². The van der Waals surface area contributed by atoms with Crippen LogP contribution in [-0.2, 0) is 0 Å². The van der Waals surface area contributed by atoms with Crippen LogP contribution in [0.2, 0.25) is 5.02 Å². The molecule has 0 spiro atoms. The van der Waals surface area contributed by atoms with Crippen molar-refractivity contribution in [3.05, 3.63) is 75.4 Å². The van der Waals surface area contributed by atoms with E-state index in [-0.39, 0.29) is 6.04 Å². The minimum absolute atomic E-state index is 0.250. The summed E-state index contributed by atoms with van der Waals surface area (Å²) in [5.74, 6) is 0. The SMILES string of the molecule is NC(c1ccc2ncccc2c1)c1ccc(Br)cc1Cl. The fourth-order valence-corrected chi connectivity index (χ4v) is 3.01. The first-order valence-corrected chi connectivity index (χ1v) is 7.37. The highest BCUT2D eigenvalue weighted by atomic mass is 79.9. The Labute approximate surface area is 130 Å². The van der Waals surface area contributed by atoms with Crippen LogP contribution >= 0.6 is 27.5 Å². The Bertz CT molecular complexity index is 773. The molecule has 100 valence electrons. The van der Waals surface area contributed by atoms with E-state index in [1.807, 2.05) is 42.5 Å². The standard InChI is InChI=1S/C16H12BrClN2/c17-12-4-5-13(14(18)9-12)16(19)11-3-6-15-10(8-11)2-1-7-20-15/h1-9,16H,19H2. The summed E-state index contributed by atoms with van der Waals surface area (Å²) in [7, 11) is 0. The van der Waals surface area contributed by atoms with Gasteiger partial charge in [-0.2, -0.15) is 0 Å². The molecule has 2 N–H and O–H groups in total. The molecule has 2 nitrogen and oxygen atoms in total. The minimum Gasteiger partial charge on any atom is -0.320 e. The van der Waals surface area contributed by atoms with Crippen LogP contribution in [0.1, 0.15) is 17.2 Å². The third kappa shape index (κ3) is 2.57. The van der Waals surface area contributed by atoms with Gasteiger partial charge in [-0.25, -0.2) is 0 Å². The lowest BCUT2D eigenvalue weighted by atomic mass is 9.98. The summed E-state index contributed by atoms with van der Waals surface area (Å²) < 4.78 is 0.946. The van der Waals surface area contributed by atoms with E-state index >= 15 is 0 Å². The largest absolute Gasteiger partial charge is 0.320 e. The Hall–Kier alpha value is -1.42. The summed E-state index contributed by atoms with van der Waals surface area (Å²) in [6, 6.07) is 15.5. The van der Waals surface area contributed by atoms with Crippen molar-refractivity contribution in [3.8, 4) is 0 Å². The molecular weight excluding hydrogens is 336 g/mol. The molecule has 0 radical (unpaired) electrons. The second-order valence-electron chi connectivity index (χ2n) is 4.60. The average molecular weight is 348 g/mol. The second-order valence-corrected chi connectivity index (χ2v) is 5.92. The van der Waals surface area contributed by atoms with E-state index in [9.17, 15) is 0 Å². The van der Waals surface area contributed by atoms with Crippen LogP contribution in [-0.4, -0.2) is 4.98 Å². The zero-order valence-electron chi connectivity index (χ0n) is 10.6. The molecule has 0 aliphatic carbocycles. The number of benzene rings is 2. The summed E-state index contributed by atoms with van der Waals surface area (Å²) >= 11 is 9.67. The Kier molecular flexibility index (Phi) is 3.74. The van der Waals surface area contributed by atoms with Gasteiger partial charge in [-0.3, -0.25) is 4.98 Å². The van der Waals surface area contributed by atoms with Gasteiger partial charge in [0.1, 0.15) is 0 Å². The molecule has 3 rings (SSSR count). The van der Waals surface area contributed by atoms with E-state index < -0.39 is 0 Å². The number of pyridine rings is 1. The number of nitrogens with two attached hydrogens (primary N) is 1. The molecule has 4 heteroatoms. The topological polar surface area (TPSA) is 38.9 Å². The second kappa shape index (κ2) is 5.52. The molecule has 1 aromatic heterocycles. The predicted octanol–water partition coefficient (Wildman–Crippen LogP) is 4.70. The highest BCUT2D eigenvalue weighted by molar-refractivity contribution is 9.10. The molecule has 20 heavy (non-hydrogen) atoms. The van der Waals surface area contributed by atoms with Crippen LogP contribution < -0.4 is 5.73 Å². The van der Waals surface area contributed by atoms with E-state index in [0.29, 0.717) is 5.02 Å². The zero-order valence-corrected chi connectivity index (χ0v) is 12.9. The number of hydrogen-bond donors (Lipinski definition) is 1. The van der Waals surface area contributed by atoms with Crippen LogP contribution in [0.4, 0.5) is 0 Å². The van der Waals surface area contributed by atoms with Crippen molar-refractivity contribution >= 4 is 38.4 Å². The molecule has 0 bridgehead atoms. The van der Waals surface area contributed by atoms with Gasteiger partial charge in [-0.15, -0.1) is 0 Å². The fraction of sp³-hybridized carbons (Fsp3) is 0.0625. The molecule has 0 aliphatic heterocycles. The Morgan fingerprint density at radius 3 is 2.75 bits per heavy atom. The summed E-state index contributed by atoms with van der Waals surface area (Å²) in [4.78, 5) is 4.31. The third-order valence-corrected chi connectivity index (χ3v) is 4.10. The number of nitrogens with zero attached hydrogens (tertiary/aromatic N) is 1. The van der Waals surface area contributed by atoms with E-state index in [1.54, 1.807) is 6.20 Å². The van der Waals surface area contributed by atoms with Gasteiger partial charge in [-0.1, -0.05) is 45.7 Å². The van der Waals surface area contributed by atoms with Gasteiger partial charge in [-0.05, 0) is 41.5 Å². The van der Waals surface area contributed by atoms with Crippen molar-refractivity contribution in [2.75, 3.05) is 0 Å². The molecule has 1 atom stereocenters. The van der Waals surface area contributed by atoms with Crippen LogP contribution in [0.15, 0.2) is 59.2 Å². The minimum atomic E-state index is -0.250. The lowest BCUT2D eigenvalue weighted by molar-refractivity contribution is 0.873. The van der Waals surface area contributed by atoms with E-state index in [2.05, 4.69) is 27.0 Å². The maximum atomic E-state index is 6.34. The number of rotatable bonds is 2. The summed E-state index contributed by atoms with van der Waals surface area (Å²) in [6.45, 7) is 0. The Morgan fingerprint density at radius 1 is 1.10 bits per heavy atom. The summed E-state index contributed by atoms with van der Waals surface area (Å²) in [6.07, 6.45) is 1.79. The van der Waals surface area contributed by atoms with E-state index in [4.69, 9.17) is 17.3 Å². The Morgan fingerprint density at radius 2 is 1.95 bits per heavy atom. The van der Waals surface area contributed by atoms with Gasteiger partial charge < -0.3 is 5.73 Å². The van der Waals surface area contributed by atoms with Gasteiger partial charge in [0.25, 0.3) is 0 Å². The highest BCUT2D eigenvalue weighted by Gasteiger charge is 2.13. The van der Waals surface area contributed by atoms with Gasteiger partial charge >= 0.3 is 0 Å². The third-order valence-electron chi connectivity index (χ3n) is 3.28. The van der Waals surface area contributed by atoms with Gasteiger partial charge in [0.15, 0.2) is 0 Å². The lowest BCUT2D eigenvalue weighted by Crippen LogP contribution is -2.12. The zero-order chi connectivity index (χ0) is 14.1. The number of hydrogen-bond acceptors (Lipinski definition) is 2. The van der Waals surface area contributed by atoms with Crippen molar-refractivity contribution in [1.29, 1.82) is 0 Å². The molecule has 0 fully saturated rings. The van der Waals surface area contributed by atoms with Crippen LogP contribution in [0, 0.1) is 0 Å². The molecule has 1 unspecified atom stereocenters. The summed E-state index contributed by atoms with van der Waals surface area (Å²) in [5, 5.41) is 1.74. The van der Waals surface area contributed by atoms with Crippen molar-refractivity contribution in [3.63, 3.8) is 0 Å². The molecule has 0 amide bonds. The molecule has 0 saturated carbocycles. The lowest BCUT2D eigenvalue weighted by Gasteiger charge is -2.15. The average Bonchev–Trinajstić information content (AvgIpc) is 2.46. The van der Waals surface area contributed by atoms with Crippen LogP contribution in [0.25, 0.3) is 10.9 Å². The van der Waals surface area contributed by atoms with Crippen LogP contribution in [0.5, 0.6) is 0 Å². The number of halogens is 2. The van der Waals surface area contributed by atoms with Crippen molar-refractivity contribution in [1.82, 2.24) is 4.98 Å². The Balaban J connectivity index is 2.05. The molecule has 3 aromatic rings. The first-order valence-electron chi connectivity index (χ1n) is 6.20. The molecule has 0 aliphatic rings. The molecule has 2 aromatic carbocycles. The normalized spacial score (nSPS) is 12.6. The van der Waals surface area contributed by atoms with Crippen molar-refractivity contribution in [2.24, 2.45) is 5.73 Å². The van der Waals surface area contributed by atoms with E-state index in [0.717, 1.165) is 26.5 Å². The smallest absolute Gasteiger partial charge is 0.0702 e. The van der Waals surface area contributed by atoms with E-state index in [1.165, 1.54) is 0 Å². The maximum absolute atomic E-state index is 6.34. The molecule has 1 heterocycles.